The van der Waals surface area contributed by atoms with E-state index in [1.54, 1.807) is 36.4 Å². The molecule has 3 rings (SSSR count). The second-order valence-electron chi connectivity index (χ2n) is 7.34. The zero-order chi connectivity index (χ0) is 19.4. The largest absolute Gasteiger partial charge is 0.339 e. The van der Waals surface area contributed by atoms with Crippen LogP contribution in [0.4, 0.5) is 10.1 Å². The highest BCUT2D eigenvalue weighted by Gasteiger charge is 2.25. The molecule has 1 fully saturated rings. The first-order valence-electron chi connectivity index (χ1n) is 9.41. The Balaban J connectivity index is 1.76. The summed E-state index contributed by atoms with van der Waals surface area (Å²) in [4.78, 5) is 27.3. The maximum atomic E-state index is 13.2. The Labute approximate surface area is 159 Å². The molecule has 2 aromatic rings. The predicted octanol–water partition coefficient (Wildman–Crippen LogP) is 4.44. The fourth-order valence-corrected chi connectivity index (χ4v) is 3.56. The van der Waals surface area contributed by atoms with Gasteiger partial charge in [0.05, 0.1) is 5.92 Å². The van der Waals surface area contributed by atoms with Gasteiger partial charge in [-0.05, 0) is 54.7 Å². The van der Waals surface area contributed by atoms with Crippen LogP contribution in [0.15, 0.2) is 48.5 Å². The molecular formula is C22H25FN2O2. The van der Waals surface area contributed by atoms with Crippen molar-refractivity contribution < 1.29 is 14.0 Å². The Morgan fingerprint density at radius 3 is 2.33 bits per heavy atom. The second-order valence-corrected chi connectivity index (χ2v) is 7.34. The summed E-state index contributed by atoms with van der Waals surface area (Å²) in [5.41, 5.74) is 1.95. The maximum absolute atomic E-state index is 13.2. The van der Waals surface area contributed by atoms with Gasteiger partial charge in [0.25, 0.3) is 5.91 Å². The number of nitrogens with zero attached hydrogens (tertiary/aromatic N) is 1. The molecule has 5 heteroatoms. The zero-order valence-corrected chi connectivity index (χ0v) is 15.7. The normalized spacial score (nSPS) is 15.0. The van der Waals surface area contributed by atoms with E-state index in [1.165, 1.54) is 12.1 Å². The number of halogens is 1. The number of likely N-dealkylation sites (tertiary alicyclic amines) is 1. The van der Waals surface area contributed by atoms with Crippen LogP contribution in [-0.4, -0.2) is 29.8 Å². The number of benzene rings is 2. The first kappa shape index (κ1) is 19.1. The van der Waals surface area contributed by atoms with Crippen molar-refractivity contribution in [1.29, 1.82) is 0 Å². The average Bonchev–Trinajstić information content (AvgIpc) is 3.17. The topological polar surface area (TPSA) is 49.4 Å². The molecule has 0 spiro atoms. The van der Waals surface area contributed by atoms with Crippen LogP contribution < -0.4 is 5.32 Å². The molecule has 1 aliphatic rings. The Hall–Kier alpha value is -2.69. The smallest absolute Gasteiger partial charge is 0.253 e. The van der Waals surface area contributed by atoms with Crippen molar-refractivity contribution in [3.05, 3.63) is 65.5 Å². The van der Waals surface area contributed by atoms with Crippen molar-refractivity contribution in [2.75, 3.05) is 18.4 Å². The molecule has 1 saturated heterocycles. The van der Waals surface area contributed by atoms with Crippen molar-refractivity contribution in [2.24, 2.45) is 5.92 Å². The number of nitrogens with one attached hydrogen (secondary N) is 1. The van der Waals surface area contributed by atoms with E-state index in [0.29, 0.717) is 11.3 Å². The predicted molar refractivity (Wildman–Crippen MR) is 104 cm³/mol. The Morgan fingerprint density at radius 1 is 1.04 bits per heavy atom. The molecule has 0 aliphatic carbocycles. The fourth-order valence-electron chi connectivity index (χ4n) is 3.56. The summed E-state index contributed by atoms with van der Waals surface area (Å²) in [7, 11) is 0. The van der Waals surface area contributed by atoms with E-state index in [-0.39, 0.29) is 23.5 Å². The summed E-state index contributed by atoms with van der Waals surface area (Å²) in [6, 6.07) is 13.1. The molecule has 2 aromatic carbocycles. The molecule has 1 N–H and O–H groups in total. The van der Waals surface area contributed by atoms with E-state index in [0.717, 1.165) is 31.5 Å². The minimum absolute atomic E-state index is 0.00235. The molecule has 0 saturated carbocycles. The molecular weight excluding hydrogens is 343 g/mol. The number of hydrogen-bond acceptors (Lipinski definition) is 2. The molecule has 27 heavy (non-hydrogen) atoms. The van der Waals surface area contributed by atoms with Crippen LogP contribution in [0.2, 0.25) is 0 Å². The number of rotatable bonds is 5. The molecule has 142 valence electrons. The Morgan fingerprint density at radius 2 is 1.70 bits per heavy atom. The van der Waals surface area contributed by atoms with Gasteiger partial charge >= 0.3 is 0 Å². The molecule has 1 atom stereocenters. The first-order chi connectivity index (χ1) is 13.0. The second kappa shape index (κ2) is 8.33. The lowest BCUT2D eigenvalue weighted by atomic mass is 9.87. The first-order valence-corrected chi connectivity index (χ1v) is 9.41. The SMILES string of the molecule is CC(C)C(C(=O)Nc1cccc(C(=O)N2CCCC2)c1)c1ccc(F)cc1. The van der Waals surface area contributed by atoms with Gasteiger partial charge in [0, 0.05) is 24.3 Å². The fraction of sp³-hybridized carbons (Fsp3) is 0.364. The van der Waals surface area contributed by atoms with Crippen LogP contribution >= 0.6 is 0 Å². The molecule has 1 aliphatic heterocycles. The molecule has 0 radical (unpaired) electrons. The molecule has 1 unspecified atom stereocenters. The summed E-state index contributed by atoms with van der Waals surface area (Å²) in [6.07, 6.45) is 2.08. The highest BCUT2D eigenvalue weighted by atomic mass is 19.1. The van der Waals surface area contributed by atoms with Crippen molar-refractivity contribution in [2.45, 2.75) is 32.6 Å². The highest BCUT2D eigenvalue weighted by molar-refractivity contribution is 5.99. The molecule has 1 heterocycles. The number of carbonyl (C=O) groups is 2. The lowest BCUT2D eigenvalue weighted by Crippen LogP contribution is -2.28. The van der Waals surface area contributed by atoms with Crippen LogP contribution in [0.25, 0.3) is 0 Å². The molecule has 0 aromatic heterocycles. The quantitative estimate of drug-likeness (QED) is 0.848. The van der Waals surface area contributed by atoms with Gasteiger partial charge in [-0.2, -0.15) is 0 Å². The molecule has 0 bridgehead atoms. The van der Waals surface area contributed by atoms with Crippen LogP contribution in [0, 0.1) is 11.7 Å². The Bertz CT molecular complexity index is 811. The van der Waals surface area contributed by atoms with Gasteiger partial charge in [0.2, 0.25) is 5.91 Å². The number of carbonyl (C=O) groups excluding carboxylic acids is 2. The maximum Gasteiger partial charge on any atom is 0.253 e. The third kappa shape index (κ3) is 4.54. The third-order valence-corrected chi connectivity index (χ3v) is 4.95. The van der Waals surface area contributed by atoms with Crippen molar-refractivity contribution in [3.8, 4) is 0 Å². The van der Waals surface area contributed by atoms with E-state index >= 15 is 0 Å². The van der Waals surface area contributed by atoms with Gasteiger partial charge in [0.1, 0.15) is 5.82 Å². The molecule has 2 amide bonds. The van der Waals surface area contributed by atoms with Gasteiger partial charge in [-0.25, -0.2) is 4.39 Å². The minimum Gasteiger partial charge on any atom is -0.339 e. The van der Waals surface area contributed by atoms with Gasteiger partial charge < -0.3 is 10.2 Å². The lowest BCUT2D eigenvalue weighted by molar-refractivity contribution is -0.118. The highest BCUT2D eigenvalue weighted by Crippen LogP contribution is 2.27. The van der Waals surface area contributed by atoms with Crippen molar-refractivity contribution in [3.63, 3.8) is 0 Å². The van der Waals surface area contributed by atoms with Crippen LogP contribution in [-0.2, 0) is 4.79 Å². The summed E-state index contributed by atoms with van der Waals surface area (Å²) in [6.45, 7) is 5.49. The van der Waals surface area contributed by atoms with Gasteiger partial charge in [-0.1, -0.05) is 32.0 Å². The average molecular weight is 368 g/mol. The van der Waals surface area contributed by atoms with Crippen LogP contribution in [0.5, 0.6) is 0 Å². The number of hydrogen-bond donors (Lipinski definition) is 1. The van der Waals surface area contributed by atoms with Crippen LogP contribution in [0.3, 0.4) is 0 Å². The van der Waals surface area contributed by atoms with E-state index in [2.05, 4.69) is 5.32 Å². The van der Waals surface area contributed by atoms with Gasteiger partial charge in [-0.15, -0.1) is 0 Å². The Kier molecular flexibility index (Phi) is 5.89. The zero-order valence-electron chi connectivity index (χ0n) is 15.7. The summed E-state index contributed by atoms with van der Waals surface area (Å²) >= 11 is 0. The summed E-state index contributed by atoms with van der Waals surface area (Å²) < 4.78 is 13.2. The number of amides is 2. The third-order valence-electron chi connectivity index (χ3n) is 4.95. The van der Waals surface area contributed by atoms with Crippen molar-refractivity contribution >= 4 is 17.5 Å². The molecule has 4 nitrogen and oxygen atoms in total. The van der Waals surface area contributed by atoms with E-state index in [4.69, 9.17) is 0 Å². The van der Waals surface area contributed by atoms with E-state index in [1.807, 2.05) is 18.7 Å². The monoisotopic (exact) mass is 368 g/mol. The van der Waals surface area contributed by atoms with Gasteiger partial charge in [0.15, 0.2) is 0 Å². The summed E-state index contributed by atoms with van der Waals surface area (Å²) in [5, 5.41) is 2.92. The van der Waals surface area contributed by atoms with Crippen molar-refractivity contribution in [1.82, 2.24) is 4.90 Å². The number of anilines is 1. The van der Waals surface area contributed by atoms with Gasteiger partial charge in [-0.3, -0.25) is 9.59 Å². The minimum atomic E-state index is -0.400. The summed E-state index contributed by atoms with van der Waals surface area (Å²) in [5.74, 6) is -0.840. The lowest BCUT2D eigenvalue weighted by Gasteiger charge is -2.21. The standard InChI is InChI=1S/C22H25FN2O2/c1-15(2)20(16-8-10-18(23)11-9-16)21(26)24-19-7-5-6-17(14-19)22(27)25-12-3-4-13-25/h5-11,14-15,20H,3-4,12-13H2,1-2H3,(H,24,26). The van der Waals surface area contributed by atoms with Crippen LogP contribution in [0.1, 0.15) is 48.5 Å². The van der Waals surface area contributed by atoms with E-state index < -0.39 is 5.92 Å². The van der Waals surface area contributed by atoms with E-state index in [9.17, 15) is 14.0 Å².